The molecule has 0 radical (unpaired) electrons. The fourth-order valence-electron chi connectivity index (χ4n) is 2.54. The fourth-order valence-corrected chi connectivity index (χ4v) is 2.54. The second-order valence-electron chi connectivity index (χ2n) is 5.92. The third-order valence-corrected chi connectivity index (χ3v) is 3.82. The van der Waals surface area contributed by atoms with E-state index in [1.165, 1.54) is 0 Å². The van der Waals surface area contributed by atoms with E-state index in [0.717, 1.165) is 18.6 Å². The quantitative estimate of drug-likeness (QED) is 0.527. The monoisotopic (exact) mass is 286 g/mol. The van der Waals surface area contributed by atoms with Gasteiger partial charge in [-0.1, -0.05) is 6.92 Å². The van der Waals surface area contributed by atoms with Crippen LogP contribution in [0.15, 0.2) is 29.8 Å². The molecule has 2 saturated carbocycles. The van der Waals surface area contributed by atoms with Gasteiger partial charge in [-0.3, -0.25) is 9.59 Å². The highest BCUT2D eigenvalue weighted by Gasteiger charge is 2.31. The molecule has 21 heavy (non-hydrogen) atoms. The molecule has 3 rings (SSSR count). The minimum atomic E-state index is -0.269. The zero-order valence-electron chi connectivity index (χ0n) is 12.0. The van der Waals surface area contributed by atoms with Crippen molar-refractivity contribution in [2.45, 2.75) is 38.7 Å². The zero-order chi connectivity index (χ0) is 15.0. The van der Waals surface area contributed by atoms with Crippen LogP contribution in [0.3, 0.4) is 0 Å². The van der Waals surface area contributed by atoms with Crippen LogP contribution in [0.4, 0.5) is 0 Å². The summed E-state index contributed by atoms with van der Waals surface area (Å²) in [5.74, 6) is 0.0452. The van der Waals surface area contributed by atoms with Gasteiger partial charge in [0.05, 0.1) is 6.10 Å². The Balaban J connectivity index is 1.85. The summed E-state index contributed by atoms with van der Waals surface area (Å²) in [5.41, 5.74) is 0.424. The molecule has 0 bridgehead atoms. The predicted octanol–water partition coefficient (Wildman–Crippen LogP) is 3.07. The van der Waals surface area contributed by atoms with Gasteiger partial charge in [0.15, 0.2) is 11.6 Å². The Labute approximate surface area is 123 Å². The van der Waals surface area contributed by atoms with Gasteiger partial charge in [0.25, 0.3) is 0 Å². The first kappa shape index (κ1) is 13.9. The van der Waals surface area contributed by atoms with Crippen LogP contribution in [0.5, 0.6) is 5.75 Å². The zero-order valence-corrected chi connectivity index (χ0v) is 12.0. The molecule has 0 aliphatic heterocycles. The Morgan fingerprint density at radius 2 is 1.67 bits per heavy atom. The fraction of sp³-hybridized carbons (Fsp3) is 0.412. The molecule has 1 N–H and O–H groups in total. The number of Topliss-reactive ketones (excluding diaryl/α,β-unsaturated/α-hetero) is 2. The Kier molecular flexibility index (Phi) is 3.53. The third kappa shape index (κ3) is 2.99. The van der Waals surface area contributed by atoms with Crippen LogP contribution in [0, 0.1) is 5.92 Å². The molecular formula is C17H18O4. The Bertz CT molecular complexity index is 588. The highest BCUT2D eigenvalue weighted by atomic mass is 16.5. The van der Waals surface area contributed by atoms with E-state index in [1.807, 2.05) is 6.92 Å². The minimum absolute atomic E-state index is 0.0517. The van der Waals surface area contributed by atoms with E-state index >= 15 is 0 Å². The Morgan fingerprint density at radius 1 is 1.10 bits per heavy atom. The van der Waals surface area contributed by atoms with Gasteiger partial charge in [-0.15, -0.1) is 0 Å². The molecule has 0 heterocycles. The number of ketones is 2. The number of hydrogen-bond donors (Lipinski definition) is 1. The number of allylic oxidation sites excluding steroid dienone is 1. The lowest BCUT2D eigenvalue weighted by atomic mass is 9.83. The standard InChI is InChI=1S/C17H18O4/c1-10-8-14(18)16(15(19)9-10)17(20)11-2-4-12(5-3-11)21-13-6-7-13/h2-5,10,13,20H,6-9H2,1H3. The van der Waals surface area contributed by atoms with Crippen molar-refractivity contribution in [2.75, 3.05) is 0 Å². The van der Waals surface area contributed by atoms with Crippen molar-refractivity contribution in [1.29, 1.82) is 0 Å². The van der Waals surface area contributed by atoms with Gasteiger partial charge in [0.2, 0.25) is 0 Å². The first-order valence-corrected chi connectivity index (χ1v) is 7.31. The molecule has 2 fully saturated rings. The summed E-state index contributed by atoms with van der Waals surface area (Å²) >= 11 is 0. The lowest BCUT2D eigenvalue weighted by molar-refractivity contribution is -0.125. The Morgan fingerprint density at radius 3 is 2.19 bits per heavy atom. The summed E-state index contributed by atoms with van der Waals surface area (Å²) in [6.45, 7) is 1.87. The number of aliphatic hydroxyl groups is 1. The van der Waals surface area contributed by atoms with Crippen LogP contribution >= 0.6 is 0 Å². The van der Waals surface area contributed by atoms with Crippen molar-refractivity contribution in [3.05, 3.63) is 35.4 Å². The highest BCUT2D eigenvalue weighted by Crippen LogP contribution is 2.30. The number of carbonyl (C=O) groups is 2. The van der Waals surface area contributed by atoms with Gasteiger partial charge in [0, 0.05) is 18.4 Å². The van der Waals surface area contributed by atoms with Crippen LogP contribution in [-0.4, -0.2) is 22.8 Å². The molecule has 0 saturated heterocycles. The summed E-state index contributed by atoms with van der Waals surface area (Å²) in [6, 6.07) is 6.87. The van der Waals surface area contributed by atoms with Crippen molar-refractivity contribution >= 4 is 17.3 Å². The number of hydrogen-bond acceptors (Lipinski definition) is 4. The maximum absolute atomic E-state index is 12.0. The number of rotatable bonds is 3. The van der Waals surface area contributed by atoms with Gasteiger partial charge in [-0.05, 0) is 43.0 Å². The molecule has 1 aromatic carbocycles. The largest absolute Gasteiger partial charge is 0.506 e. The summed E-state index contributed by atoms with van der Waals surface area (Å²) in [7, 11) is 0. The smallest absolute Gasteiger partial charge is 0.170 e. The van der Waals surface area contributed by atoms with Crippen molar-refractivity contribution < 1.29 is 19.4 Å². The molecule has 0 aromatic heterocycles. The van der Waals surface area contributed by atoms with Gasteiger partial charge < -0.3 is 9.84 Å². The minimum Gasteiger partial charge on any atom is -0.506 e. The molecule has 0 atom stereocenters. The molecule has 2 aliphatic rings. The van der Waals surface area contributed by atoms with Crippen LogP contribution in [0.25, 0.3) is 5.76 Å². The number of carbonyl (C=O) groups excluding carboxylic acids is 2. The van der Waals surface area contributed by atoms with E-state index in [1.54, 1.807) is 24.3 Å². The van der Waals surface area contributed by atoms with Crippen LogP contribution in [-0.2, 0) is 9.59 Å². The van der Waals surface area contributed by atoms with Crippen molar-refractivity contribution in [2.24, 2.45) is 5.92 Å². The highest BCUT2D eigenvalue weighted by molar-refractivity contribution is 6.25. The van der Waals surface area contributed by atoms with Gasteiger partial charge in [-0.2, -0.15) is 0 Å². The van der Waals surface area contributed by atoms with E-state index in [9.17, 15) is 14.7 Å². The van der Waals surface area contributed by atoms with E-state index in [4.69, 9.17) is 4.74 Å². The van der Waals surface area contributed by atoms with E-state index in [2.05, 4.69) is 0 Å². The van der Waals surface area contributed by atoms with Crippen molar-refractivity contribution in [3.63, 3.8) is 0 Å². The second kappa shape index (κ2) is 5.35. The lowest BCUT2D eigenvalue weighted by Crippen LogP contribution is -2.25. The molecule has 4 heteroatoms. The molecule has 0 spiro atoms. The topological polar surface area (TPSA) is 63.6 Å². The SMILES string of the molecule is CC1CC(=O)C(=C(O)c2ccc(OC3CC3)cc2)C(=O)C1. The summed E-state index contributed by atoms with van der Waals surface area (Å²) in [4.78, 5) is 24.0. The lowest BCUT2D eigenvalue weighted by Gasteiger charge is -2.19. The average Bonchev–Trinajstić information content (AvgIpc) is 3.22. The number of aliphatic hydroxyl groups excluding tert-OH is 1. The molecule has 110 valence electrons. The van der Waals surface area contributed by atoms with Crippen LogP contribution in [0.1, 0.15) is 38.2 Å². The van der Waals surface area contributed by atoms with Gasteiger partial charge >= 0.3 is 0 Å². The third-order valence-electron chi connectivity index (χ3n) is 3.82. The number of ether oxygens (including phenoxy) is 1. The summed E-state index contributed by atoms with van der Waals surface area (Å²) in [5, 5.41) is 10.3. The van der Waals surface area contributed by atoms with Gasteiger partial charge in [-0.25, -0.2) is 0 Å². The van der Waals surface area contributed by atoms with Crippen molar-refractivity contribution in [3.8, 4) is 5.75 Å². The maximum Gasteiger partial charge on any atom is 0.170 e. The average molecular weight is 286 g/mol. The van der Waals surface area contributed by atoms with E-state index in [-0.39, 0.29) is 28.8 Å². The molecule has 1 aromatic rings. The molecule has 0 amide bonds. The molecular weight excluding hydrogens is 268 g/mol. The Hall–Kier alpha value is -2.10. The maximum atomic E-state index is 12.0. The molecule has 4 nitrogen and oxygen atoms in total. The van der Waals surface area contributed by atoms with E-state index < -0.39 is 0 Å². The van der Waals surface area contributed by atoms with Crippen LogP contribution in [0.2, 0.25) is 0 Å². The normalized spacial score (nSPS) is 22.3. The molecule has 0 unspecified atom stereocenters. The van der Waals surface area contributed by atoms with Crippen LogP contribution < -0.4 is 4.74 Å². The summed E-state index contributed by atoms with van der Waals surface area (Å²) < 4.78 is 5.63. The predicted molar refractivity (Wildman–Crippen MR) is 78.1 cm³/mol. The summed E-state index contributed by atoms with van der Waals surface area (Å²) in [6.07, 6.45) is 3.10. The first-order valence-electron chi connectivity index (χ1n) is 7.31. The number of benzene rings is 1. The first-order chi connectivity index (χ1) is 10.0. The second-order valence-corrected chi connectivity index (χ2v) is 5.92. The molecule has 2 aliphatic carbocycles. The van der Waals surface area contributed by atoms with Crippen molar-refractivity contribution in [1.82, 2.24) is 0 Å². The van der Waals surface area contributed by atoms with Gasteiger partial charge in [0.1, 0.15) is 17.1 Å². The van der Waals surface area contributed by atoms with E-state index in [0.29, 0.717) is 24.5 Å².